The molecule has 100 valence electrons. The Morgan fingerprint density at radius 1 is 1.33 bits per heavy atom. The third-order valence-electron chi connectivity index (χ3n) is 3.60. The van der Waals surface area contributed by atoms with Gasteiger partial charge < -0.3 is 15.4 Å². The maximum absolute atomic E-state index is 5.84. The summed E-state index contributed by atoms with van der Waals surface area (Å²) < 4.78 is 5.45. The molecular formula is C14H23N3O. The SMILES string of the molecule is CCOc1nc(N2CCC(C)(C)CC2)ccc1N. The quantitative estimate of drug-likeness (QED) is 0.895. The standard InChI is InChI=1S/C14H23N3O/c1-4-18-13-11(15)5-6-12(16-13)17-9-7-14(2,3)8-10-17/h5-6H,4,7-10,15H2,1-3H3. The first-order valence-electron chi connectivity index (χ1n) is 6.66. The van der Waals surface area contributed by atoms with Gasteiger partial charge >= 0.3 is 0 Å². The first-order chi connectivity index (χ1) is 8.52. The van der Waals surface area contributed by atoms with Crippen molar-refractivity contribution in [3.8, 4) is 5.88 Å². The molecular weight excluding hydrogens is 226 g/mol. The summed E-state index contributed by atoms with van der Waals surface area (Å²) in [7, 11) is 0. The summed E-state index contributed by atoms with van der Waals surface area (Å²) in [6, 6.07) is 3.86. The van der Waals surface area contributed by atoms with Gasteiger partial charge in [-0.15, -0.1) is 0 Å². The zero-order valence-electron chi connectivity index (χ0n) is 11.6. The highest BCUT2D eigenvalue weighted by Crippen LogP contribution is 2.32. The van der Waals surface area contributed by atoms with Gasteiger partial charge in [-0.1, -0.05) is 13.8 Å². The summed E-state index contributed by atoms with van der Waals surface area (Å²) in [5.74, 6) is 1.53. The molecule has 1 aliphatic heterocycles. The van der Waals surface area contributed by atoms with Crippen molar-refractivity contribution >= 4 is 11.5 Å². The molecule has 1 saturated heterocycles. The van der Waals surface area contributed by atoms with Crippen LogP contribution in [0.25, 0.3) is 0 Å². The number of aromatic nitrogens is 1. The maximum Gasteiger partial charge on any atom is 0.239 e. The van der Waals surface area contributed by atoms with Crippen molar-refractivity contribution in [2.75, 3.05) is 30.3 Å². The van der Waals surface area contributed by atoms with Gasteiger partial charge in [0.2, 0.25) is 5.88 Å². The van der Waals surface area contributed by atoms with Crippen LogP contribution in [0.1, 0.15) is 33.6 Å². The summed E-state index contributed by atoms with van der Waals surface area (Å²) in [5.41, 5.74) is 6.90. The second kappa shape index (κ2) is 5.04. The summed E-state index contributed by atoms with van der Waals surface area (Å²) in [4.78, 5) is 6.82. The van der Waals surface area contributed by atoms with Crippen LogP contribution in [0.15, 0.2) is 12.1 Å². The van der Waals surface area contributed by atoms with Crippen molar-refractivity contribution in [3.63, 3.8) is 0 Å². The molecule has 0 atom stereocenters. The molecule has 0 bridgehead atoms. The molecule has 2 N–H and O–H groups in total. The van der Waals surface area contributed by atoms with Gasteiger partial charge in [-0.3, -0.25) is 0 Å². The van der Waals surface area contributed by atoms with Crippen LogP contribution in [0.2, 0.25) is 0 Å². The Hall–Kier alpha value is -1.45. The zero-order chi connectivity index (χ0) is 13.2. The first kappa shape index (κ1) is 13.0. The number of nitrogens with zero attached hydrogens (tertiary/aromatic N) is 2. The second-order valence-electron chi connectivity index (χ2n) is 5.65. The topological polar surface area (TPSA) is 51.4 Å². The van der Waals surface area contributed by atoms with E-state index in [1.54, 1.807) is 0 Å². The van der Waals surface area contributed by atoms with E-state index in [-0.39, 0.29) is 0 Å². The van der Waals surface area contributed by atoms with Crippen molar-refractivity contribution in [1.29, 1.82) is 0 Å². The Balaban J connectivity index is 2.12. The van der Waals surface area contributed by atoms with E-state index >= 15 is 0 Å². The van der Waals surface area contributed by atoms with Gasteiger partial charge in [-0.2, -0.15) is 4.98 Å². The van der Waals surface area contributed by atoms with Crippen LogP contribution in [0.4, 0.5) is 11.5 Å². The second-order valence-corrected chi connectivity index (χ2v) is 5.65. The average Bonchev–Trinajstić information content (AvgIpc) is 2.32. The van der Waals surface area contributed by atoms with Crippen LogP contribution in [-0.4, -0.2) is 24.7 Å². The predicted octanol–water partition coefficient (Wildman–Crippen LogP) is 2.69. The fourth-order valence-corrected chi connectivity index (χ4v) is 2.21. The summed E-state index contributed by atoms with van der Waals surface area (Å²) in [6.45, 7) is 9.29. The third-order valence-corrected chi connectivity index (χ3v) is 3.60. The number of hydrogen-bond acceptors (Lipinski definition) is 4. The third kappa shape index (κ3) is 2.86. The largest absolute Gasteiger partial charge is 0.476 e. The van der Waals surface area contributed by atoms with Crippen molar-refractivity contribution in [3.05, 3.63) is 12.1 Å². The Labute approximate surface area is 109 Å². The van der Waals surface area contributed by atoms with Crippen LogP contribution in [-0.2, 0) is 0 Å². The molecule has 0 radical (unpaired) electrons. The van der Waals surface area contributed by atoms with Crippen LogP contribution < -0.4 is 15.4 Å². The molecule has 0 aliphatic carbocycles. The fraction of sp³-hybridized carbons (Fsp3) is 0.643. The number of nitrogen functional groups attached to an aromatic ring is 1. The van der Waals surface area contributed by atoms with Crippen LogP contribution >= 0.6 is 0 Å². The molecule has 4 nitrogen and oxygen atoms in total. The van der Waals surface area contributed by atoms with Gasteiger partial charge in [0.15, 0.2) is 0 Å². The van der Waals surface area contributed by atoms with E-state index < -0.39 is 0 Å². The van der Waals surface area contributed by atoms with Gasteiger partial charge in [-0.05, 0) is 37.3 Å². The summed E-state index contributed by atoms with van der Waals surface area (Å²) in [5, 5.41) is 0. The first-order valence-corrected chi connectivity index (χ1v) is 6.66. The molecule has 0 unspecified atom stereocenters. The molecule has 2 heterocycles. The highest BCUT2D eigenvalue weighted by Gasteiger charge is 2.26. The zero-order valence-corrected chi connectivity index (χ0v) is 11.6. The van der Waals surface area contributed by atoms with Crippen LogP contribution in [0.5, 0.6) is 5.88 Å². The molecule has 18 heavy (non-hydrogen) atoms. The Kier molecular flexibility index (Phi) is 3.64. The predicted molar refractivity (Wildman–Crippen MR) is 75.0 cm³/mol. The Morgan fingerprint density at radius 3 is 2.61 bits per heavy atom. The van der Waals surface area contributed by atoms with E-state index in [4.69, 9.17) is 10.5 Å². The van der Waals surface area contributed by atoms with E-state index in [2.05, 4.69) is 23.7 Å². The summed E-state index contributed by atoms with van der Waals surface area (Å²) in [6.07, 6.45) is 2.39. The average molecular weight is 249 g/mol. The van der Waals surface area contributed by atoms with E-state index in [0.29, 0.717) is 23.6 Å². The number of hydrogen-bond donors (Lipinski definition) is 1. The van der Waals surface area contributed by atoms with Crippen LogP contribution in [0.3, 0.4) is 0 Å². The fourth-order valence-electron chi connectivity index (χ4n) is 2.21. The molecule has 1 fully saturated rings. The number of rotatable bonds is 3. The highest BCUT2D eigenvalue weighted by atomic mass is 16.5. The van der Waals surface area contributed by atoms with E-state index in [9.17, 15) is 0 Å². The Bertz CT molecular complexity index is 408. The molecule has 0 saturated carbocycles. The lowest BCUT2D eigenvalue weighted by molar-refractivity contribution is 0.278. The van der Waals surface area contributed by atoms with Crippen molar-refractivity contribution in [2.24, 2.45) is 5.41 Å². The van der Waals surface area contributed by atoms with Gasteiger partial charge in [0.1, 0.15) is 5.82 Å². The van der Waals surface area contributed by atoms with Gasteiger partial charge in [0, 0.05) is 13.1 Å². The normalized spacial score (nSPS) is 18.7. The van der Waals surface area contributed by atoms with Crippen molar-refractivity contribution in [1.82, 2.24) is 4.98 Å². The molecule has 2 rings (SSSR count). The lowest BCUT2D eigenvalue weighted by Crippen LogP contribution is -2.37. The number of nitrogens with two attached hydrogens (primary N) is 1. The number of ether oxygens (including phenoxy) is 1. The van der Waals surface area contributed by atoms with E-state index in [1.807, 2.05) is 19.1 Å². The molecule has 1 aliphatic rings. The molecule has 0 amide bonds. The highest BCUT2D eigenvalue weighted by molar-refractivity contribution is 5.54. The monoisotopic (exact) mass is 249 g/mol. The smallest absolute Gasteiger partial charge is 0.239 e. The van der Waals surface area contributed by atoms with Gasteiger partial charge in [0.05, 0.1) is 12.3 Å². The van der Waals surface area contributed by atoms with E-state index in [1.165, 1.54) is 12.8 Å². The number of anilines is 2. The lowest BCUT2D eigenvalue weighted by Gasteiger charge is -2.37. The summed E-state index contributed by atoms with van der Waals surface area (Å²) >= 11 is 0. The minimum atomic E-state index is 0.451. The molecule has 1 aromatic heterocycles. The Morgan fingerprint density at radius 2 is 2.00 bits per heavy atom. The van der Waals surface area contributed by atoms with E-state index in [0.717, 1.165) is 18.9 Å². The van der Waals surface area contributed by atoms with Gasteiger partial charge in [-0.25, -0.2) is 0 Å². The van der Waals surface area contributed by atoms with Crippen LogP contribution in [0, 0.1) is 5.41 Å². The minimum Gasteiger partial charge on any atom is -0.476 e. The molecule has 0 spiro atoms. The number of piperidine rings is 1. The lowest BCUT2D eigenvalue weighted by atomic mass is 9.83. The molecule has 1 aromatic rings. The molecule has 4 heteroatoms. The minimum absolute atomic E-state index is 0.451. The van der Waals surface area contributed by atoms with Crippen molar-refractivity contribution in [2.45, 2.75) is 33.6 Å². The molecule has 0 aromatic carbocycles. The maximum atomic E-state index is 5.84. The van der Waals surface area contributed by atoms with Crippen molar-refractivity contribution < 1.29 is 4.74 Å². The van der Waals surface area contributed by atoms with Gasteiger partial charge in [0.25, 0.3) is 0 Å². The number of pyridine rings is 1.